The van der Waals surface area contributed by atoms with Gasteiger partial charge < -0.3 is 10.2 Å². The molecule has 1 N–H and O–H groups in total. The third kappa shape index (κ3) is 4.75. The van der Waals surface area contributed by atoms with Gasteiger partial charge in [0.2, 0.25) is 11.9 Å². The fraction of sp³-hybridized carbons (Fsp3) is 0.238. The predicted molar refractivity (Wildman–Crippen MR) is 112 cm³/mol. The third-order valence-corrected chi connectivity index (χ3v) is 5.09. The van der Waals surface area contributed by atoms with E-state index in [1.165, 1.54) is 12.1 Å². The van der Waals surface area contributed by atoms with Crippen LogP contribution >= 0.6 is 11.6 Å². The molecule has 29 heavy (non-hydrogen) atoms. The standard InChI is InChI=1S/C21H21ClFN5O/c22-16-2-1-3-19(14-16)28-9-8-24-21(28)27-12-10-26(11-13-27)15-20(29)25-18-6-4-17(23)5-7-18/h1-9,14H,10-13,15H2,(H,25,29). The van der Waals surface area contributed by atoms with Gasteiger partial charge in [-0.3, -0.25) is 14.3 Å². The number of nitrogens with zero attached hydrogens (tertiary/aromatic N) is 4. The molecule has 0 spiro atoms. The summed E-state index contributed by atoms with van der Waals surface area (Å²) in [5.41, 5.74) is 1.56. The zero-order valence-corrected chi connectivity index (χ0v) is 16.5. The summed E-state index contributed by atoms with van der Waals surface area (Å²) in [6.07, 6.45) is 3.70. The summed E-state index contributed by atoms with van der Waals surface area (Å²) < 4.78 is 15.0. The minimum absolute atomic E-state index is 0.106. The molecule has 2 heterocycles. The van der Waals surface area contributed by atoms with Crippen molar-refractivity contribution in [2.75, 3.05) is 42.9 Å². The molecule has 0 radical (unpaired) electrons. The lowest BCUT2D eigenvalue weighted by atomic mass is 10.3. The molecule has 0 atom stereocenters. The van der Waals surface area contributed by atoms with Gasteiger partial charge in [0.15, 0.2) is 0 Å². The number of rotatable bonds is 5. The molecular weight excluding hydrogens is 393 g/mol. The number of piperazine rings is 1. The molecule has 6 nitrogen and oxygen atoms in total. The molecule has 1 fully saturated rings. The summed E-state index contributed by atoms with van der Waals surface area (Å²) in [5, 5.41) is 3.48. The maximum atomic E-state index is 13.0. The number of hydrogen-bond acceptors (Lipinski definition) is 4. The van der Waals surface area contributed by atoms with Crippen LogP contribution in [0.1, 0.15) is 0 Å². The summed E-state index contributed by atoms with van der Waals surface area (Å²) in [6, 6.07) is 13.4. The van der Waals surface area contributed by atoms with E-state index in [-0.39, 0.29) is 11.7 Å². The highest BCUT2D eigenvalue weighted by molar-refractivity contribution is 6.30. The van der Waals surface area contributed by atoms with Crippen LogP contribution < -0.4 is 10.2 Å². The SMILES string of the molecule is O=C(CN1CCN(c2nccn2-c2cccc(Cl)c2)CC1)Nc1ccc(F)cc1. The number of aromatic nitrogens is 2. The Morgan fingerprint density at radius 2 is 1.86 bits per heavy atom. The lowest BCUT2D eigenvalue weighted by Crippen LogP contribution is -2.49. The van der Waals surface area contributed by atoms with Gasteiger partial charge in [-0.15, -0.1) is 0 Å². The highest BCUT2D eigenvalue weighted by Gasteiger charge is 2.22. The second-order valence-electron chi connectivity index (χ2n) is 6.90. The van der Waals surface area contributed by atoms with E-state index in [4.69, 9.17) is 11.6 Å². The smallest absolute Gasteiger partial charge is 0.238 e. The first-order valence-electron chi connectivity index (χ1n) is 9.40. The molecule has 3 aromatic rings. The van der Waals surface area contributed by atoms with Crippen LogP contribution in [0.5, 0.6) is 0 Å². The molecule has 1 aromatic heterocycles. The van der Waals surface area contributed by atoms with Crippen molar-refractivity contribution in [2.24, 2.45) is 0 Å². The topological polar surface area (TPSA) is 53.4 Å². The maximum Gasteiger partial charge on any atom is 0.238 e. The van der Waals surface area contributed by atoms with E-state index in [9.17, 15) is 9.18 Å². The first kappa shape index (κ1) is 19.4. The van der Waals surface area contributed by atoms with E-state index >= 15 is 0 Å². The van der Waals surface area contributed by atoms with Gasteiger partial charge in [-0.05, 0) is 42.5 Å². The Balaban J connectivity index is 1.34. The van der Waals surface area contributed by atoms with Crippen molar-refractivity contribution in [3.63, 3.8) is 0 Å². The molecule has 1 aliphatic heterocycles. The van der Waals surface area contributed by atoms with Crippen molar-refractivity contribution in [1.82, 2.24) is 14.5 Å². The molecule has 1 amide bonds. The number of anilines is 2. The summed E-state index contributed by atoms with van der Waals surface area (Å²) in [5.74, 6) is 0.434. The van der Waals surface area contributed by atoms with E-state index in [0.717, 1.165) is 37.8 Å². The summed E-state index contributed by atoms with van der Waals surface area (Å²) >= 11 is 6.12. The number of imidazole rings is 1. The predicted octanol–water partition coefficient (Wildman–Crippen LogP) is 3.43. The lowest BCUT2D eigenvalue weighted by molar-refractivity contribution is -0.117. The van der Waals surface area contributed by atoms with E-state index < -0.39 is 0 Å². The average molecular weight is 414 g/mol. The highest BCUT2D eigenvalue weighted by Crippen LogP contribution is 2.22. The molecule has 2 aromatic carbocycles. The Bertz CT molecular complexity index is 983. The zero-order valence-electron chi connectivity index (χ0n) is 15.8. The van der Waals surface area contributed by atoms with E-state index in [1.54, 1.807) is 18.3 Å². The second kappa shape index (κ2) is 8.63. The fourth-order valence-electron chi connectivity index (χ4n) is 3.40. The Kier molecular flexibility index (Phi) is 5.78. The molecule has 1 aliphatic rings. The lowest BCUT2D eigenvalue weighted by Gasteiger charge is -2.35. The Labute approximate surface area is 173 Å². The van der Waals surface area contributed by atoms with Gasteiger partial charge in [0.1, 0.15) is 5.82 Å². The van der Waals surface area contributed by atoms with Crippen LogP contribution in [0.3, 0.4) is 0 Å². The number of halogens is 2. The number of amides is 1. The van der Waals surface area contributed by atoms with E-state index in [1.807, 2.05) is 35.0 Å². The van der Waals surface area contributed by atoms with Crippen molar-refractivity contribution < 1.29 is 9.18 Å². The molecule has 150 valence electrons. The number of carbonyl (C=O) groups is 1. The normalized spacial score (nSPS) is 14.8. The van der Waals surface area contributed by atoms with Crippen molar-refractivity contribution >= 4 is 29.1 Å². The minimum Gasteiger partial charge on any atom is -0.339 e. The van der Waals surface area contributed by atoms with Gasteiger partial charge in [-0.25, -0.2) is 9.37 Å². The fourth-order valence-corrected chi connectivity index (χ4v) is 3.58. The third-order valence-electron chi connectivity index (χ3n) is 4.86. The molecular formula is C21H21ClFN5O. The van der Waals surface area contributed by atoms with Gasteiger partial charge in [0.25, 0.3) is 0 Å². The number of hydrogen-bond donors (Lipinski definition) is 1. The van der Waals surface area contributed by atoms with Crippen molar-refractivity contribution in [3.8, 4) is 5.69 Å². The molecule has 0 aliphatic carbocycles. The van der Waals surface area contributed by atoms with Crippen molar-refractivity contribution in [3.05, 3.63) is 71.8 Å². The Morgan fingerprint density at radius 3 is 2.59 bits per heavy atom. The monoisotopic (exact) mass is 413 g/mol. The average Bonchev–Trinajstić information content (AvgIpc) is 3.20. The van der Waals surface area contributed by atoms with Crippen LogP contribution in [-0.2, 0) is 4.79 Å². The molecule has 0 unspecified atom stereocenters. The van der Waals surface area contributed by atoms with Gasteiger partial charge in [-0.2, -0.15) is 0 Å². The summed E-state index contributed by atoms with van der Waals surface area (Å²) in [6.45, 7) is 3.33. The van der Waals surface area contributed by atoms with Crippen molar-refractivity contribution in [1.29, 1.82) is 0 Å². The minimum atomic E-state index is -0.324. The van der Waals surface area contributed by atoms with Gasteiger partial charge in [0.05, 0.1) is 6.54 Å². The summed E-state index contributed by atoms with van der Waals surface area (Å²) in [4.78, 5) is 21.1. The molecule has 8 heteroatoms. The molecule has 0 saturated carbocycles. The summed E-state index contributed by atoms with van der Waals surface area (Å²) in [7, 11) is 0. The highest BCUT2D eigenvalue weighted by atomic mass is 35.5. The maximum absolute atomic E-state index is 13.0. The van der Waals surface area contributed by atoms with Crippen LogP contribution in [0.2, 0.25) is 5.02 Å². The van der Waals surface area contributed by atoms with Crippen LogP contribution in [0.15, 0.2) is 60.9 Å². The quantitative estimate of drug-likeness (QED) is 0.696. The largest absolute Gasteiger partial charge is 0.339 e. The molecule has 4 rings (SSSR count). The van der Waals surface area contributed by atoms with Crippen LogP contribution in [0.4, 0.5) is 16.0 Å². The first-order chi connectivity index (χ1) is 14.1. The number of carbonyl (C=O) groups excluding carboxylic acids is 1. The van der Waals surface area contributed by atoms with Gasteiger partial charge in [0, 0.05) is 55.0 Å². The second-order valence-corrected chi connectivity index (χ2v) is 7.33. The van der Waals surface area contributed by atoms with Gasteiger partial charge in [-0.1, -0.05) is 17.7 Å². The zero-order chi connectivity index (χ0) is 20.2. The number of benzene rings is 2. The Morgan fingerprint density at radius 1 is 1.10 bits per heavy atom. The van der Waals surface area contributed by atoms with Gasteiger partial charge >= 0.3 is 0 Å². The number of nitrogens with one attached hydrogen (secondary N) is 1. The molecule has 0 bridgehead atoms. The van der Waals surface area contributed by atoms with E-state index in [2.05, 4.69) is 20.1 Å². The van der Waals surface area contributed by atoms with Crippen LogP contribution in [0, 0.1) is 5.82 Å². The van der Waals surface area contributed by atoms with E-state index in [0.29, 0.717) is 17.3 Å². The van der Waals surface area contributed by atoms with Crippen LogP contribution in [-0.4, -0.2) is 53.1 Å². The van der Waals surface area contributed by atoms with Crippen LogP contribution in [0.25, 0.3) is 5.69 Å². The van der Waals surface area contributed by atoms with Crippen molar-refractivity contribution in [2.45, 2.75) is 0 Å². The Hall–Kier alpha value is -2.90. The first-order valence-corrected chi connectivity index (χ1v) is 9.78. The molecule has 1 saturated heterocycles.